The van der Waals surface area contributed by atoms with Crippen molar-refractivity contribution in [2.45, 2.75) is 51.9 Å². The van der Waals surface area contributed by atoms with Crippen molar-refractivity contribution < 1.29 is 9.59 Å². The van der Waals surface area contributed by atoms with E-state index in [2.05, 4.69) is 5.32 Å². The lowest BCUT2D eigenvalue weighted by atomic mass is 9.92. The van der Waals surface area contributed by atoms with E-state index in [1.807, 2.05) is 11.8 Å². The fourth-order valence-electron chi connectivity index (χ4n) is 3.88. The smallest absolute Gasteiger partial charge is 0.226 e. The van der Waals surface area contributed by atoms with Gasteiger partial charge in [-0.25, -0.2) is 0 Å². The maximum absolute atomic E-state index is 12.7. The fourth-order valence-corrected chi connectivity index (χ4v) is 3.88. The number of rotatable bonds is 6. The van der Waals surface area contributed by atoms with Gasteiger partial charge in [0.15, 0.2) is 0 Å². The van der Waals surface area contributed by atoms with Crippen LogP contribution >= 0.6 is 0 Å². The zero-order chi connectivity index (χ0) is 15.9. The van der Waals surface area contributed by atoms with Crippen LogP contribution in [-0.4, -0.2) is 42.9 Å². The molecule has 2 rings (SSSR count). The second-order valence-electron chi connectivity index (χ2n) is 6.88. The van der Waals surface area contributed by atoms with Crippen molar-refractivity contribution in [1.82, 2.24) is 10.2 Å². The molecule has 1 saturated carbocycles. The fraction of sp³-hybridized carbons (Fsp3) is 0.882. The van der Waals surface area contributed by atoms with Crippen LogP contribution < -0.4 is 11.1 Å². The van der Waals surface area contributed by atoms with Crippen LogP contribution in [0.5, 0.6) is 0 Å². The minimum atomic E-state index is 0.130. The van der Waals surface area contributed by atoms with Gasteiger partial charge in [0.25, 0.3) is 0 Å². The van der Waals surface area contributed by atoms with Crippen LogP contribution in [0, 0.1) is 17.8 Å². The normalized spacial score (nSPS) is 28.6. The van der Waals surface area contributed by atoms with Crippen LogP contribution in [0.1, 0.15) is 51.9 Å². The zero-order valence-electron chi connectivity index (χ0n) is 13.9. The quantitative estimate of drug-likeness (QED) is 0.781. The van der Waals surface area contributed by atoms with Crippen molar-refractivity contribution in [3.8, 4) is 0 Å². The van der Waals surface area contributed by atoms with Gasteiger partial charge in [-0.05, 0) is 50.5 Å². The number of piperidine rings is 1. The number of hydrogen-bond acceptors (Lipinski definition) is 3. The molecule has 0 aromatic rings. The summed E-state index contributed by atoms with van der Waals surface area (Å²) in [4.78, 5) is 26.4. The molecule has 2 aliphatic rings. The first-order valence-corrected chi connectivity index (χ1v) is 8.91. The minimum Gasteiger partial charge on any atom is -0.356 e. The van der Waals surface area contributed by atoms with Gasteiger partial charge in [0.1, 0.15) is 0 Å². The number of nitrogens with one attached hydrogen (secondary N) is 1. The molecule has 0 aromatic heterocycles. The van der Waals surface area contributed by atoms with E-state index in [4.69, 9.17) is 5.73 Å². The molecule has 0 bridgehead atoms. The zero-order valence-corrected chi connectivity index (χ0v) is 13.9. The summed E-state index contributed by atoms with van der Waals surface area (Å²) in [6, 6.07) is 0. The van der Waals surface area contributed by atoms with Crippen LogP contribution in [0.2, 0.25) is 0 Å². The molecule has 5 heteroatoms. The van der Waals surface area contributed by atoms with Crippen LogP contribution in [-0.2, 0) is 9.59 Å². The first kappa shape index (κ1) is 17.3. The Labute approximate surface area is 134 Å². The Morgan fingerprint density at radius 3 is 2.77 bits per heavy atom. The number of carbonyl (C=O) groups is 2. The summed E-state index contributed by atoms with van der Waals surface area (Å²) in [5.74, 6) is 1.34. The first-order valence-electron chi connectivity index (χ1n) is 8.91. The first-order chi connectivity index (χ1) is 10.7. The van der Waals surface area contributed by atoms with Crippen LogP contribution in [0.3, 0.4) is 0 Å². The number of hydrogen-bond donors (Lipinski definition) is 2. The Balaban J connectivity index is 1.82. The number of likely N-dealkylation sites (tertiary alicyclic amines) is 1. The van der Waals surface area contributed by atoms with Crippen LogP contribution in [0.25, 0.3) is 0 Å². The standard InChI is InChI=1S/C17H31N3O2/c1-2-5-16(21)19-11-13-6-4-9-20(12-13)17(22)15-8-3-7-14(15)10-18/h13-15H,2-12,18H2,1H3,(H,19,21)/t13?,14-,15-/m1/s1. The Bertz CT molecular complexity index is 386. The molecule has 126 valence electrons. The van der Waals surface area contributed by atoms with E-state index >= 15 is 0 Å². The van der Waals surface area contributed by atoms with Gasteiger partial charge < -0.3 is 16.0 Å². The molecule has 1 heterocycles. The molecule has 1 unspecified atom stereocenters. The molecule has 5 nitrogen and oxygen atoms in total. The maximum Gasteiger partial charge on any atom is 0.226 e. The average Bonchev–Trinajstić information content (AvgIpc) is 3.01. The van der Waals surface area contributed by atoms with Crippen molar-refractivity contribution >= 4 is 11.8 Å². The molecule has 0 spiro atoms. The van der Waals surface area contributed by atoms with Crippen molar-refractivity contribution in [3.63, 3.8) is 0 Å². The molecule has 3 N–H and O–H groups in total. The topological polar surface area (TPSA) is 75.4 Å². The molecular weight excluding hydrogens is 278 g/mol. The monoisotopic (exact) mass is 309 g/mol. The highest BCUT2D eigenvalue weighted by molar-refractivity contribution is 5.79. The van der Waals surface area contributed by atoms with Gasteiger partial charge in [0.2, 0.25) is 11.8 Å². The third-order valence-electron chi connectivity index (χ3n) is 5.17. The van der Waals surface area contributed by atoms with Gasteiger partial charge >= 0.3 is 0 Å². The predicted molar refractivity (Wildman–Crippen MR) is 87.1 cm³/mol. The van der Waals surface area contributed by atoms with Crippen LogP contribution in [0.15, 0.2) is 0 Å². The second kappa shape index (κ2) is 8.51. The lowest BCUT2D eigenvalue weighted by Gasteiger charge is -2.35. The highest BCUT2D eigenvalue weighted by Crippen LogP contribution is 2.33. The minimum absolute atomic E-state index is 0.130. The molecule has 1 aliphatic carbocycles. The van der Waals surface area contributed by atoms with Gasteiger partial charge in [-0.2, -0.15) is 0 Å². The Kier molecular flexibility index (Phi) is 6.68. The highest BCUT2D eigenvalue weighted by atomic mass is 16.2. The average molecular weight is 309 g/mol. The summed E-state index contributed by atoms with van der Waals surface area (Å²) in [5, 5.41) is 3.01. The van der Waals surface area contributed by atoms with Gasteiger partial charge in [-0.3, -0.25) is 9.59 Å². The maximum atomic E-state index is 12.7. The van der Waals surface area contributed by atoms with Crippen molar-refractivity contribution in [3.05, 3.63) is 0 Å². The summed E-state index contributed by atoms with van der Waals surface area (Å²) >= 11 is 0. The van der Waals surface area contributed by atoms with E-state index < -0.39 is 0 Å². The van der Waals surface area contributed by atoms with Crippen LogP contribution in [0.4, 0.5) is 0 Å². The van der Waals surface area contributed by atoms with E-state index in [0.29, 0.717) is 37.3 Å². The summed E-state index contributed by atoms with van der Waals surface area (Å²) in [5.41, 5.74) is 5.81. The molecular formula is C17H31N3O2. The summed E-state index contributed by atoms with van der Waals surface area (Å²) < 4.78 is 0. The third kappa shape index (κ3) is 4.45. The van der Waals surface area contributed by atoms with E-state index in [9.17, 15) is 9.59 Å². The van der Waals surface area contributed by atoms with E-state index in [0.717, 1.165) is 51.6 Å². The molecule has 2 amide bonds. The Hall–Kier alpha value is -1.10. The lowest BCUT2D eigenvalue weighted by Crippen LogP contribution is -2.46. The van der Waals surface area contributed by atoms with E-state index in [-0.39, 0.29) is 11.8 Å². The van der Waals surface area contributed by atoms with E-state index in [1.54, 1.807) is 0 Å². The Morgan fingerprint density at radius 1 is 1.23 bits per heavy atom. The number of amides is 2. The summed E-state index contributed by atoms with van der Waals surface area (Å²) in [6.45, 7) is 5.00. The highest BCUT2D eigenvalue weighted by Gasteiger charge is 2.36. The molecule has 0 radical (unpaired) electrons. The van der Waals surface area contributed by atoms with Gasteiger partial charge in [0, 0.05) is 32.0 Å². The van der Waals surface area contributed by atoms with E-state index in [1.165, 1.54) is 0 Å². The number of carbonyl (C=O) groups excluding carboxylic acids is 2. The SMILES string of the molecule is CCCC(=O)NCC1CCCN(C(=O)[C@@H]2CCC[C@@H]2CN)C1. The predicted octanol–water partition coefficient (Wildman–Crippen LogP) is 1.52. The number of nitrogens with two attached hydrogens (primary N) is 1. The Morgan fingerprint density at radius 2 is 2.05 bits per heavy atom. The van der Waals surface area contributed by atoms with Crippen molar-refractivity contribution in [1.29, 1.82) is 0 Å². The molecule has 1 aliphatic heterocycles. The number of nitrogens with zero attached hydrogens (tertiary/aromatic N) is 1. The van der Waals surface area contributed by atoms with Crippen molar-refractivity contribution in [2.24, 2.45) is 23.5 Å². The van der Waals surface area contributed by atoms with Gasteiger partial charge in [-0.15, -0.1) is 0 Å². The molecule has 22 heavy (non-hydrogen) atoms. The summed E-state index contributed by atoms with van der Waals surface area (Å²) in [7, 11) is 0. The molecule has 1 saturated heterocycles. The summed E-state index contributed by atoms with van der Waals surface area (Å²) in [6.07, 6.45) is 6.83. The lowest BCUT2D eigenvalue weighted by molar-refractivity contribution is -0.138. The van der Waals surface area contributed by atoms with Gasteiger partial charge in [-0.1, -0.05) is 13.3 Å². The molecule has 2 fully saturated rings. The van der Waals surface area contributed by atoms with Crippen molar-refractivity contribution in [2.75, 3.05) is 26.2 Å². The third-order valence-corrected chi connectivity index (χ3v) is 5.17. The largest absolute Gasteiger partial charge is 0.356 e. The molecule has 3 atom stereocenters. The molecule has 0 aromatic carbocycles. The second-order valence-corrected chi connectivity index (χ2v) is 6.88. The van der Waals surface area contributed by atoms with Gasteiger partial charge in [0.05, 0.1) is 0 Å².